The summed E-state index contributed by atoms with van der Waals surface area (Å²) in [4.78, 5) is 26.8. The Balaban J connectivity index is 0.000000878. The van der Waals surface area contributed by atoms with Crippen molar-refractivity contribution in [2.45, 2.75) is 19.9 Å². The fourth-order valence-corrected chi connectivity index (χ4v) is 3.39. The Morgan fingerprint density at radius 3 is 2.71 bits per heavy atom. The zero-order valence-corrected chi connectivity index (χ0v) is 16.6. The SMILES string of the molecule is CCc1c(-c2cc(F)cc(C(=O)N(C)Cc3cscn3)c2)cnn1C.O=CO. The molecule has 148 valence electrons. The van der Waals surface area contributed by atoms with Gasteiger partial charge in [-0.1, -0.05) is 6.92 Å². The summed E-state index contributed by atoms with van der Waals surface area (Å²) in [5, 5.41) is 13.0. The third-order valence-electron chi connectivity index (χ3n) is 4.08. The van der Waals surface area contributed by atoms with Gasteiger partial charge in [0, 0.05) is 36.3 Å². The summed E-state index contributed by atoms with van der Waals surface area (Å²) >= 11 is 1.48. The second-order valence-corrected chi connectivity index (χ2v) is 6.68. The zero-order chi connectivity index (χ0) is 20.7. The Morgan fingerprint density at radius 1 is 1.39 bits per heavy atom. The van der Waals surface area contributed by atoms with Crippen molar-refractivity contribution < 1.29 is 19.1 Å². The Hall–Kier alpha value is -3.07. The molecule has 0 atom stereocenters. The zero-order valence-electron chi connectivity index (χ0n) is 15.8. The molecule has 0 saturated carbocycles. The van der Waals surface area contributed by atoms with Crippen LogP contribution in [0.15, 0.2) is 35.3 Å². The molecule has 3 rings (SSSR count). The van der Waals surface area contributed by atoms with E-state index in [0.29, 0.717) is 17.7 Å². The van der Waals surface area contributed by atoms with Gasteiger partial charge in [0.25, 0.3) is 12.4 Å². The van der Waals surface area contributed by atoms with Crippen molar-refractivity contribution in [2.24, 2.45) is 7.05 Å². The van der Waals surface area contributed by atoms with Gasteiger partial charge in [-0.15, -0.1) is 11.3 Å². The minimum atomic E-state index is -0.436. The molecule has 0 spiro atoms. The van der Waals surface area contributed by atoms with Crippen LogP contribution in [0.25, 0.3) is 11.1 Å². The van der Waals surface area contributed by atoms with Crippen molar-refractivity contribution in [3.8, 4) is 11.1 Å². The summed E-state index contributed by atoms with van der Waals surface area (Å²) < 4.78 is 15.9. The molecule has 9 heteroatoms. The summed E-state index contributed by atoms with van der Waals surface area (Å²) in [6, 6.07) is 4.43. The van der Waals surface area contributed by atoms with Crippen LogP contribution in [0, 0.1) is 5.82 Å². The van der Waals surface area contributed by atoms with E-state index in [4.69, 9.17) is 9.90 Å². The minimum Gasteiger partial charge on any atom is -0.483 e. The van der Waals surface area contributed by atoms with Gasteiger partial charge in [0.05, 0.1) is 23.9 Å². The highest BCUT2D eigenvalue weighted by Crippen LogP contribution is 2.26. The Kier molecular flexibility index (Phi) is 7.39. The minimum absolute atomic E-state index is 0.240. The number of hydrogen-bond acceptors (Lipinski definition) is 5. The van der Waals surface area contributed by atoms with Gasteiger partial charge in [0.2, 0.25) is 0 Å². The molecule has 1 N–H and O–H groups in total. The number of aromatic nitrogens is 3. The smallest absolute Gasteiger partial charge is 0.290 e. The number of amides is 1. The third kappa shape index (κ3) is 5.01. The van der Waals surface area contributed by atoms with Gasteiger partial charge in [0.1, 0.15) is 5.82 Å². The predicted octanol–water partition coefficient (Wildman–Crippen LogP) is 3.22. The summed E-state index contributed by atoms with van der Waals surface area (Å²) in [7, 11) is 3.54. The van der Waals surface area contributed by atoms with Crippen LogP contribution in [0.4, 0.5) is 4.39 Å². The summed E-state index contributed by atoms with van der Waals surface area (Å²) in [6.45, 7) is 2.16. The molecule has 3 aromatic rings. The molecular formula is C19H21FN4O3S. The van der Waals surface area contributed by atoms with Gasteiger partial charge in [-0.2, -0.15) is 5.10 Å². The lowest BCUT2D eigenvalue weighted by atomic mass is 10.0. The van der Waals surface area contributed by atoms with Crippen LogP contribution in [0.5, 0.6) is 0 Å². The highest BCUT2D eigenvalue weighted by molar-refractivity contribution is 7.07. The molecule has 0 unspecified atom stereocenters. The Bertz CT molecular complexity index is 941. The first-order chi connectivity index (χ1) is 13.4. The molecule has 2 heterocycles. The normalized spacial score (nSPS) is 10.1. The average Bonchev–Trinajstić information content (AvgIpc) is 3.30. The van der Waals surface area contributed by atoms with Gasteiger partial charge in [-0.05, 0) is 30.2 Å². The van der Waals surface area contributed by atoms with E-state index >= 15 is 0 Å². The monoisotopic (exact) mass is 404 g/mol. The number of carbonyl (C=O) groups is 2. The number of thiazole rings is 1. The summed E-state index contributed by atoms with van der Waals surface area (Å²) in [5.74, 6) is -0.676. The van der Waals surface area contributed by atoms with Crippen LogP contribution < -0.4 is 0 Å². The Morgan fingerprint density at radius 2 is 2.11 bits per heavy atom. The van der Waals surface area contributed by atoms with E-state index in [1.165, 1.54) is 28.4 Å². The molecule has 2 aromatic heterocycles. The lowest BCUT2D eigenvalue weighted by Crippen LogP contribution is -2.26. The van der Waals surface area contributed by atoms with Crippen LogP contribution >= 0.6 is 11.3 Å². The molecule has 0 aliphatic rings. The van der Waals surface area contributed by atoms with Gasteiger partial charge < -0.3 is 10.0 Å². The molecule has 1 aromatic carbocycles. The molecular weight excluding hydrogens is 383 g/mol. The fourth-order valence-electron chi connectivity index (χ4n) is 2.84. The van der Waals surface area contributed by atoms with E-state index in [0.717, 1.165) is 23.4 Å². The van der Waals surface area contributed by atoms with E-state index < -0.39 is 5.82 Å². The highest BCUT2D eigenvalue weighted by atomic mass is 32.1. The average molecular weight is 404 g/mol. The maximum Gasteiger partial charge on any atom is 0.290 e. The Labute approximate surface area is 166 Å². The van der Waals surface area contributed by atoms with Crippen molar-refractivity contribution in [3.05, 3.63) is 58.1 Å². The summed E-state index contributed by atoms with van der Waals surface area (Å²) in [6.07, 6.45) is 2.48. The molecule has 0 bridgehead atoms. The van der Waals surface area contributed by atoms with Crippen molar-refractivity contribution in [1.82, 2.24) is 19.7 Å². The second kappa shape index (κ2) is 9.75. The predicted molar refractivity (Wildman–Crippen MR) is 105 cm³/mol. The van der Waals surface area contributed by atoms with Gasteiger partial charge in [-0.25, -0.2) is 9.37 Å². The number of aryl methyl sites for hydroxylation is 1. The number of rotatable bonds is 5. The molecule has 28 heavy (non-hydrogen) atoms. The van der Waals surface area contributed by atoms with Crippen LogP contribution in [0.3, 0.4) is 0 Å². The topological polar surface area (TPSA) is 88.3 Å². The summed E-state index contributed by atoms with van der Waals surface area (Å²) in [5.41, 5.74) is 5.37. The maximum atomic E-state index is 14.1. The van der Waals surface area contributed by atoms with Crippen LogP contribution in [-0.2, 0) is 24.8 Å². The van der Waals surface area contributed by atoms with Crippen LogP contribution in [0.1, 0.15) is 28.7 Å². The van der Waals surface area contributed by atoms with Crippen molar-refractivity contribution in [2.75, 3.05) is 7.05 Å². The van der Waals surface area contributed by atoms with Crippen molar-refractivity contribution in [3.63, 3.8) is 0 Å². The van der Waals surface area contributed by atoms with E-state index in [1.54, 1.807) is 29.5 Å². The van der Waals surface area contributed by atoms with Crippen LogP contribution in [-0.4, -0.2) is 44.2 Å². The molecule has 0 saturated heterocycles. The van der Waals surface area contributed by atoms with E-state index in [9.17, 15) is 9.18 Å². The maximum absolute atomic E-state index is 14.1. The van der Waals surface area contributed by atoms with E-state index in [-0.39, 0.29) is 12.4 Å². The standard InChI is InChI=1S/C18H19FN4OS.CH2O2/c1-4-17-16(8-21-23(17)3)12-5-13(7-14(19)6-12)18(24)22(2)9-15-10-25-11-20-15;2-1-3/h5-8,10-11H,4,9H2,1-3H3;1H,(H,2,3). The first-order valence-electron chi connectivity index (χ1n) is 8.43. The van der Waals surface area contributed by atoms with E-state index in [1.807, 2.05) is 19.4 Å². The molecule has 0 aliphatic carbocycles. The van der Waals surface area contributed by atoms with Crippen LogP contribution in [0.2, 0.25) is 0 Å². The third-order valence-corrected chi connectivity index (χ3v) is 4.72. The highest BCUT2D eigenvalue weighted by Gasteiger charge is 2.17. The van der Waals surface area contributed by atoms with Crippen molar-refractivity contribution >= 4 is 23.7 Å². The molecule has 0 fully saturated rings. The number of halogens is 1. The first-order valence-corrected chi connectivity index (χ1v) is 9.37. The van der Waals surface area contributed by atoms with Gasteiger partial charge in [0.15, 0.2) is 0 Å². The number of nitrogens with zero attached hydrogens (tertiary/aromatic N) is 4. The molecule has 7 nitrogen and oxygen atoms in total. The molecule has 0 radical (unpaired) electrons. The second-order valence-electron chi connectivity index (χ2n) is 5.96. The lowest BCUT2D eigenvalue weighted by Gasteiger charge is -2.16. The fraction of sp³-hybridized carbons (Fsp3) is 0.263. The van der Waals surface area contributed by atoms with Crippen molar-refractivity contribution in [1.29, 1.82) is 0 Å². The lowest BCUT2D eigenvalue weighted by molar-refractivity contribution is -0.122. The molecule has 0 aliphatic heterocycles. The number of carbonyl (C=O) groups excluding carboxylic acids is 1. The first kappa shape index (κ1) is 21.2. The number of hydrogen-bond donors (Lipinski definition) is 1. The number of benzene rings is 1. The number of carboxylic acid groups (broad SMARTS) is 1. The molecule has 1 amide bonds. The van der Waals surface area contributed by atoms with Gasteiger partial charge in [-0.3, -0.25) is 14.3 Å². The van der Waals surface area contributed by atoms with E-state index in [2.05, 4.69) is 10.1 Å². The largest absolute Gasteiger partial charge is 0.483 e. The quantitative estimate of drug-likeness (QED) is 0.660. The van der Waals surface area contributed by atoms with Gasteiger partial charge >= 0.3 is 0 Å².